The van der Waals surface area contributed by atoms with Crippen molar-refractivity contribution in [1.29, 1.82) is 0 Å². The average Bonchev–Trinajstić information content (AvgIpc) is 2.39. The smallest absolute Gasteiger partial charge is 0.221 e. The number of rotatable bonds is 3. The maximum absolute atomic E-state index is 13.6. The van der Waals surface area contributed by atoms with Gasteiger partial charge in [-0.1, -0.05) is 6.92 Å². The minimum Gasteiger partial charge on any atom is -0.382 e. The Morgan fingerprint density at radius 3 is 2.76 bits per heavy atom. The van der Waals surface area contributed by atoms with Crippen LogP contribution in [0.1, 0.15) is 27.2 Å². The second-order valence-electron chi connectivity index (χ2n) is 6.13. The first-order valence-corrected chi connectivity index (χ1v) is 7.40. The number of amides is 1. The first-order chi connectivity index (χ1) is 9.86. The monoisotopic (exact) mass is 293 g/mol. The highest BCUT2D eigenvalue weighted by molar-refractivity contribution is 5.89. The standard InChI is InChI=1S/C16H24FN3O/c1-10-9-20(4)11(2)7-15(10)19-13-5-6-14(17)16(8-13)18-12(3)21/h5-6,8,10-11,15,19H,7,9H2,1-4H3,(H,18,21). The first kappa shape index (κ1) is 15.8. The lowest BCUT2D eigenvalue weighted by atomic mass is 9.89. The average molecular weight is 293 g/mol. The Morgan fingerprint density at radius 1 is 1.38 bits per heavy atom. The third-order valence-electron chi connectivity index (χ3n) is 4.24. The Hall–Kier alpha value is -1.62. The molecule has 1 saturated heterocycles. The van der Waals surface area contributed by atoms with E-state index >= 15 is 0 Å². The van der Waals surface area contributed by atoms with Gasteiger partial charge in [-0.3, -0.25) is 4.79 Å². The van der Waals surface area contributed by atoms with Crippen molar-refractivity contribution in [2.24, 2.45) is 5.92 Å². The molecular formula is C16H24FN3O. The summed E-state index contributed by atoms with van der Waals surface area (Å²) in [5.41, 5.74) is 1.06. The highest BCUT2D eigenvalue weighted by Crippen LogP contribution is 2.26. The van der Waals surface area contributed by atoms with Gasteiger partial charge >= 0.3 is 0 Å². The summed E-state index contributed by atoms with van der Waals surface area (Å²) in [5.74, 6) is -0.173. The van der Waals surface area contributed by atoms with Crippen LogP contribution in [0.3, 0.4) is 0 Å². The van der Waals surface area contributed by atoms with Gasteiger partial charge in [0.15, 0.2) is 0 Å². The molecule has 1 fully saturated rings. The fourth-order valence-corrected chi connectivity index (χ4v) is 2.86. The predicted octanol–water partition coefficient (Wildman–Crippen LogP) is 2.92. The summed E-state index contributed by atoms with van der Waals surface area (Å²) >= 11 is 0. The predicted molar refractivity (Wildman–Crippen MR) is 84.0 cm³/mol. The normalized spacial score (nSPS) is 26.4. The highest BCUT2D eigenvalue weighted by Gasteiger charge is 2.28. The number of halogens is 1. The van der Waals surface area contributed by atoms with Gasteiger partial charge < -0.3 is 15.5 Å². The number of likely N-dealkylation sites (tertiary alicyclic amines) is 1. The number of nitrogens with zero attached hydrogens (tertiary/aromatic N) is 1. The second-order valence-corrected chi connectivity index (χ2v) is 6.13. The summed E-state index contributed by atoms with van der Waals surface area (Å²) in [7, 11) is 2.14. The fourth-order valence-electron chi connectivity index (χ4n) is 2.86. The largest absolute Gasteiger partial charge is 0.382 e. The zero-order valence-corrected chi connectivity index (χ0v) is 13.1. The lowest BCUT2D eigenvalue weighted by molar-refractivity contribution is -0.114. The van der Waals surface area contributed by atoms with Crippen LogP contribution in [0, 0.1) is 11.7 Å². The number of benzene rings is 1. The number of carbonyl (C=O) groups excluding carboxylic acids is 1. The van der Waals surface area contributed by atoms with Crippen LogP contribution >= 0.6 is 0 Å². The van der Waals surface area contributed by atoms with E-state index in [4.69, 9.17) is 0 Å². The van der Waals surface area contributed by atoms with Crippen molar-refractivity contribution in [2.45, 2.75) is 39.3 Å². The molecule has 1 amide bonds. The quantitative estimate of drug-likeness (QED) is 0.900. The van der Waals surface area contributed by atoms with Crippen LogP contribution < -0.4 is 10.6 Å². The van der Waals surface area contributed by atoms with Crippen LogP contribution in [0.15, 0.2) is 18.2 Å². The summed E-state index contributed by atoms with van der Waals surface area (Å²) < 4.78 is 13.6. The van der Waals surface area contributed by atoms with Gasteiger partial charge in [0.2, 0.25) is 5.91 Å². The molecule has 1 aliphatic heterocycles. The zero-order valence-electron chi connectivity index (χ0n) is 13.1. The molecule has 1 aromatic carbocycles. The molecule has 2 rings (SSSR count). The number of piperidine rings is 1. The van der Waals surface area contributed by atoms with Crippen molar-refractivity contribution in [3.63, 3.8) is 0 Å². The van der Waals surface area contributed by atoms with Gasteiger partial charge in [-0.25, -0.2) is 4.39 Å². The van der Waals surface area contributed by atoms with E-state index in [2.05, 4.69) is 36.4 Å². The lowest BCUT2D eigenvalue weighted by Crippen LogP contribution is -2.48. The number of hydrogen-bond acceptors (Lipinski definition) is 3. The summed E-state index contributed by atoms with van der Waals surface area (Å²) in [6.07, 6.45) is 1.05. The van der Waals surface area contributed by atoms with Gasteiger partial charge in [0.05, 0.1) is 5.69 Å². The van der Waals surface area contributed by atoms with Gasteiger partial charge in [-0.05, 0) is 44.5 Å². The molecule has 3 atom stereocenters. The number of anilines is 2. The van der Waals surface area contributed by atoms with Crippen LogP contribution in [0.4, 0.5) is 15.8 Å². The molecule has 0 aromatic heterocycles. The van der Waals surface area contributed by atoms with Crippen molar-refractivity contribution >= 4 is 17.3 Å². The van der Waals surface area contributed by atoms with Crippen molar-refractivity contribution in [3.8, 4) is 0 Å². The van der Waals surface area contributed by atoms with E-state index in [0.717, 1.165) is 18.7 Å². The van der Waals surface area contributed by atoms with Gasteiger partial charge in [0.25, 0.3) is 0 Å². The van der Waals surface area contributed by atoms with Gasteiger partial charge in [0, 0.05) is 31.2 Å². The summed E-state index contributed by atoms with van der Waals surface area (Å²) in [6, 6.07) is 5.64. The Morgan fingerprint density at radius 2 is 2.10 bits per heavy atom. The van der Waals surface area contributed by atoms with Gasteiger partial charge in [-0.15, -0.1) is 0 Å². The lowest BCUT2D eigenvalue weighted by Gasteiger charge is -2.40. The summed E-state index contributed by atoms with van der Waals surface area (Å²) in [4.78, 5) is 13.5. The topological polar surface area (TPSA) is 44.4 Å². The molecular weight excluding hydrogens is 269 g/mol. The van der Waals surface area contributed by atoms with Crippen LogP contribution in [-0.4, -0.2) is 36.5 Å². The molecule has 4 nitrogen and oxygen atoms in total. The Balaban J connectivity index is 2.10. The molecule has 0 spiro atoms. The molecule has 1 aliphatic rings. The molecule has 0 aliphatic carbocycles. The third-order valence-corrected chi connectivity index (χ3v) is 4.24. The van der Waals surface area contributed by atoms with Crippen molar-refractivity contribution in [1.82, 2.24) is 4.90 Å². The maximum atomic E-state index is 13.6. The number of carbonyl (C=O) groups is 1. The molecule has 5 heteroatoms. The third kappa shape index (κ3) is 3.94. The Kier molecular flexibility index (Phi) is 4.83. The van der Waals surface area contributed by atoms with E-state index in [9.17, 15) is 9.18 Å². The van der Waals surface area contributed by atoms with E-state index < -0.39 is 5.82 Å². The molecule has 3 unspecified atom stereocenters. The highest BCUT2D eigenvalue weighted by atomic mass is 19.1. The molecule has 1 heterocycles. The van der Waals surface area contributed by atoms with Crippen molar-refractivity contribution in [3.05, 3.63) is 24.0 Å². The van der Waals surface area contributed by atoms with E-state index in [1.165, 1.54) is 13.0 Å². The molecule has 1 aromatic rings. The van der Waals surface area contributed by atoms with Crippen LogP contribution in [0.25, 0.3) is 0 Å². The van der Waals surface area contributed by atoms with Crippen molar-refractivity contribution in [2.75, 3.05) is 24.2 Å². The van der Waals surface area contributed by atoms with E-state index in [-0.39, 0.29) is 11.6 Å². The molecule has 0 bridgehead atoms. The zero-order chi connectivity index (χ0) is 15.6. The minimum atomic E-state index is -0.416. The first-order valence-electron chi connectivity index (χ1n) is 7.40. The van der Waals surface area contributed by atoms with Gasteiger partial charge in [0.1, 0.15) is 5.82 Å². The van der Waals surface area contributed by atoms with Crippen LogP contribution in [0.5, 0.6) is 0 Å². The molecule has 2 N–H and O–H groups in total. The van der Waals surface area contributed by atoms with Crippen LogP contribution in [-0.2, 0) is 4.79 Å². The number of nitrogens with one attached hydrogen (secondary N) is 2. The number of hydrogen-bond donors (Lipinski definition) is 2. The fraction of sp³-hybridized carbons (Fsp3) is 0.562. The van der Waals surface area contributed by atoms with Gasteiger partial charge in [-0.2, -0.15) is 0 Å². The maximum Gasteiger partial charge on any atom is 0.221 e. The van der Waals surface area contributed by atoms with Crippen molar-refractivity contribution < 1.29 is 9.18 Å². The summed E-state index contributed by atoms with van der Waals surface area (Å²) in [5, 5.41) is 5.99. The summed E-state index contributed by atoms with van der Waals surface area (Å²) in [6.45, 7) is 6.85. The van der Waals surface area contributed by atoms with Crippen LogP contribution in [0.2, 0.25) is 0 Å². The Labute approximate surface area is 125 Å². The SMILES string of the molecule is CC(=O)Nc1cc(NC2CC(C)N(C)CC2C)ccc1F. The molecule has 116 valence electrons. The molecule has 0 saturated carbocycles. The molecule has 0 radical (unpaired) electrons. The van der Waals surface area contributed by atoms with E-state index in [1.54, 1.807) is 12.1 Å². The minimum absolute atomic E-state index is 0.223. The second kappa shape index (κ2) is 6.43. The molecule has 21 heavy (non-hydrogen) atoms. The Bertz CT molecular complexity index is 520. The van der Waals surface area contributed by atoms with E-state index in [0.29, 0.717) is 18.0 Å². The van der Waals surface area contributed by atoms with E-state index in [1.807, 2.05) is 0 Å².